The van der Waals surface area contributed by atoms with Gasteiger partial charge in [-0.1, -0.05) is 22.0 Å². The molecule has 2 rings (SSSR count). The number of carboxylic acids is 1. The predicted octanol–water partition coefficient (Wildman–Crippen LogP) is 2.28. The molecule has 1 aromatic rings. The quantitative estimate of drug-likeness (QED) is 0.900. The second-order valence-corrected chi connectivity index (χ2v) is 5.85. The monoisotopic (exact) mass is 297 g/mol. The number of hydrogen-bond donors (Lipinski definition) is 2. The maximum absolute atomic E-state index is 10.9. The summed E-state index contributed by atoms with van der Waals surface area (Å²) in [7, 11) is 0. The van der Waals surface area contributed by atoms with Crippen molar-refractivity contribution in [3.05, 3.63) is 33.3 Å². The lowest BCUT2D eigenvalue weighted by Gasteiger charge is -2.24. The van der Waals surface area contributed by atoms with Crippen molar-refractivity contribution in [2.24, 2.45) is 11.1 Å². The number of hydrogen-bond acceptors (Lipinski definition) is 2. The molecule has 3 N–H and O–H groups in total. The normalized spacial score (nSPS) is 22.5. The third-order valence-corrected chi connectivity index (χ3v) is 4.43. The van der Waals surface area contributed by atoms with Crippen LogP contribution in [0.2, 0.25) is 0 Å². The minimum absolute atomic E-state index is 0.148. The van der Waals surface area contributed by atoms with E-state index in [0.717, 1.165) is 17.3 Å². The molecule has 0 saturated heterocycles. The van der Waals surface area contributed by atoms with Crippen molar-refractivity contribution in [3.63, 3.8) is 0 Å². The van der Waals surface area contributed by atoms with E-state index in [0.29, 0.717) is 6.54 Å². The summed E-state index contributed by atoms with van der Waals surface area (Å²) in [5, 5.41) is 8.99. The van der Waals surface area contributed by atoms with Crippen LogP contribution in [0.5, 0.6) is 0 Å². The van der Waals surface area contributed by atoms with Gasteiger partial charge in [-0.3, -0.25) is 4.79 Å². The second kappa shape index (κ2) is 4.42. The minimum Gasteiger partial charge on any atom is -0.481 e. The molecule has 1 aliphatic carbocycles. The molecule has 0 fully saturated rings. The van der Waals surface area contributed by atoms with Gasteiger partial charge in [0.15, 0.2) is 0 Å². The molecule has 1 aliphatic rings. The number of carboxylic acid groups (broad SMARTS) is 1. The van der Waals surface area contributed by atoms with Gasteiger partial charge in [0, 0.05) is 9.89 Å². The highest BCUT2D eigenvalue weighted by Gasteiger charge is 2.38. The molecule has 1 aromatic carbocycles. The van der Waals surface area contributed by atoms with E-state index in [-0.39, 0.29) is 11.8 Å². The summed E-state index contributed by atoms with van der Waals surface area (Å²) in [5.74, 6) is -0.765. The summed E-state index contributed by atoms with van der Waals surface area (Å²) in [6, 6.07) is 4.24. The third kappa shape index (κ3) is 2.38. The molecule has 0 saturated carbocycles. The van der Waals surface area contributed by atoms with Gasteiger partial charge >= 0.3 is 5.97 Å². The van der Waals surface area contributed by atoms with Crippen LogP contribution in [-0.2, 0) is 17.6 Å². The molecule has 1 unspecified atom stereocenters. The van der Waals surface area contributed by atoms with E-state index in [1.807, 2.05) is 6.92 Å². The summed E-state index contributed by atoms with van der Waals surface area (Å²) in [6.45, 7) is 2.47. The lowest BCUT2D eigenvalue weighted by molar-refractivity contribution is -0.139. The molecule has 3 nitrogen and oxygen atoms in total. The van der Waals surface area contributed by atoms with Gasteiger partial charge in [0.05, 0.1) is 6.42 Å². The number of rotatable bonds is 3. The molecule has 0 amide bonds. The Morgan fingerprint density at radius 1 is 1.47 bits per heavy atom. The van der Waals surface area contributed by atoms with Crippen molar-refractivity contribution in [1.29, 1.82) is 0 Å². The number of carbonyl (C=O) groups is 1. The van der Waals surface area contributed by atoms with Gasteiger partial charge in [0.2, 0.25) is 0 Å². The van der Waals surface area contributed by atoms with Crippen LogP contribution in [-0.4, -0.2) is 17.6 Å². The van der Waals surface area contributed by atoms with Crippen LogP contribution in [0.15, 0.2) is 16.6 Å². The average molecular weight is 298 g/mol. The van der Waals surface area contributed by atoms with Gasteiger partial charge in [-0.15, -0.1) is 0 Å². The van der Waals surface area contributed by atoms with Crippen molar-refractivity contribution < 1.29 is 9.90 Å². The van der Waals surface area contributed by atoms with Gasteiger partial charge in [-0.25, -0.2) is 0 Å². The number of nitrogens with two attached hydrogens (primary N) is 1. The Morgan fingerprint density at radius 2 is 2.06 bits per heavy atom. The molecule has 0 spiro atoms. The van der Waals surface area contributed by atoms with Crippen LogP contribution in [0, 0.1) is 12.3 Å². The molecule has 1 atom stereocenters. The maximum Gasteiger partial charge on any atom is 0.303 e. The van der Waals surface area contributed by atoms with E-state index >= 15 is 0 Å². The van der Waals surface area contributed by atoms with Gasteiger partial charge in [0.1, 0.15) is 0 Å². The standard InChI is InChI=1S/C13H16BrNO2/c1-8-2-9-4-13(7-15,6-12(16)17)5-10(9)3-11(8)14/h2-3H,4-7,15H2,1H3,(H,16,17). The van der Waals surface area contributed by atoms with Crippen LogP contribution >= 0.6 is 15.9 Å². The van der Waals surface area contributed by atoms with E-state index in [1.165, 1.54) is 16.7 Å². The van der Waals surface area contributed by atoms with E-state index in [1.54, 1.807) is 0 Å². The zero-order valence-corrected chi connectivity index (χ0v) is 11.4. The number of halogens is 1. The maximum atomic E-state index is 10.9. The van der Waals surface area contributed by atoms with Crippen LogP contribution < -0.4 is 5.73 Å². The van der Waals surface area contributed by atoms with Crippen LogP contribution in [0.25, 0.3) is 0 Å². The highest BCUT2D eigenvalue weighted by molar-refractivity contribution is 9.10. The van der Waals surface area contributed by atoms with Gasteiger partial charge < -0.3 is 10.8 Å². The number of aryl methyl sites for hydroxylation is 1. The highest BCUT2D eigenvalue weighted by atomic mass is 79.9. The molecular formula is C13H16BrNO2. The Labute approximate surface area is 109 Å². The van der Waals surface area contributed by atoms with Gasteiger partial charge in [-0.2, -0.15) is 0 Å². The van der Waals surface area contributed by atoms with E-state index < -0.39 is 5.97 Å². The summed E-state index contributed by atoms with van der Waals surface area (Å²) in [5.41, 5.74) is 9.17. The van der Waals surface area contributed by atoms with Crippen LogP contribution in [0.3, 0.4) is 0 Å². The molecule has 4 heteroatoms. The average Bonchev–Trinajstić information content (AvgIpc) is 2.56. The van der Waals surface area contributed by atoms with Crippen molar-refractivity contribution in [1.82, 2.24) is 0 Å². The summed E-state index contributed by atoms with van der Waals surface area (Å²) in [4.78, 5) is 10.9. The zero-order valence-electron chi connectivity index (χ0n) is 9.79. The number of benzene rings is 1. The van der Waals surface area contributed by atoms with E-state index in [2.05, 4.69) is 28.1 Å². The number of aliphatic carboxylic acids is 1. The molecule has 92 valence electrons. The Kier molecular flexibility index (Phi) is 3.27. The Bertz CT molecular complexity index is 440. The zero-order chi connectivity index (χ0) is 12.6. The van der Waals surface area contributed by atoms with Crippen LogP contribution in [0.4, 0.5) is 0 Å². The smallest absolute Gasteiger partial charge is 0.303 e. The van der Waals surface area contributed by atoms with Crippen molar-refractivity contribution in [2.75, 3.05) is 6.54 Å². The molecule has 0 aromatic heterocycles. The SMILES string of the molecule is Cc1cc2c(cc1Br)CC(CN)(CC(=O)O)C2. The Hall–Kier alpha value is -0.870. The fourth-order valence-corrected chi connectivity index (χ4v) is 3.04. The van der Waals surface area contributed by atoms with Crippen molar-refractivity contribution >= 4 is 21.9 Å². The Morgan fingerprint density at radius 3 is 2.59 bits per heavy atom. The molecule has 17 heavy (non-hydrogen) atoms. The molecule has 0 radical (unpaired) electrons. The topological polar surface area (TPSA) is 63.3 Å². The molecule has 0 aliphatic heterocycles. The first-order chi connectivity index (χ1) is 7.96. The first-order valence-corrected chi connectivity index (χ1v) is 6.45. The van der Waals surface area contributed by atoms with E-state index in [4.69, 9.17) is 10.8 Å². The number of fused-ring (bicyclic) bond motifs is 1. The van der Waals surface area contributed by atoms with Crippen molar-refractivity contribution in [3.8, 4) is 0 Å². The van der Waals surface area contributed by atoms with Gasteiger partial charge in [-0.05, 0) is 49.1 Å². The summed E-state index contributed by atoms with van der Waals surface area (Å²) >= 11 is 3.51. The Balaban J connectivity index is 2.33. The second-order valence-electron chi connectivity index (χ2n) is 5.00. The fraction of sp³-hybridized carbons (Fsp3) is 0.462. The molecular weight excluding hydrogens is 282 g/mol. The minimum atomic E-state index is -0.765. The fourth-order valence-electron chi connectivity index (χ4n) is 2.64. The summed E-state index contributed by atoms with van der Waals surface area (Å²) < 4.78 is 1.08. The predicted molar refractivity (Wildman–Crippen MR) is 70.0 cm³/mol. The molecule has 0 bridgehead atoms. The first-order valence-electron chi connectivity index (χ1n) is 5.65. The van der Waals surface area contributed by atoms with E-state index in [9.17, 15) is 4.79 Å². The van der Waals surface area contributed by atoms with Crippen LogP contribution in [0.1, 0.15) is 23.1 Å². The molecule has 0 heterocycles. The largest absolute Gasteiger partial charge is 0.481 e. The van der Waals surface area contributed by atoms with Gasteiger partial charge in [0.25, 0.3) is 0 Å². The lowest BCUT2D eigenvalue weighted by atomic mass is 9.81. The summed E-state index contributed by atoms with van der Waals surface area (Å²) in [6.07, 6.45) is 1.69. The lowest BCUT2D eigenvalue weighted by Crippen LogP contribution is -2.33. The third-order valence-electron chi connectivity index (χ3n) is 3.57. The first kappa shape index (κ1) is 12.6. The highest BCUT2D eigenvalue weighted by Crippen LogP contribution is 2.40. The van der Waals surface area contributed by atoms with Crippen molar-refractivity contribution in [2.45, 2.75) is 26.2 Å².